The van der Waals surface area contributed by atoms with Crippen molar-refractivity contribution in [2.75, 3.05) is 14.2 Å². The van der Waals surface area contributed by atoms with Crippen LogP contribution in [0.5, 0.6) is 5.75 Å². The van der Waals surface area contributed by atoms with Gasteiger partial charge in [0.1, 0.15) is 11.3 Å². The van der Waals surface area contributed by atoms with Crippen molar-refractivity contribution in [2.45, 2.75) is 45.6 Å². The van der Waals surface area contributed by atoms with Crippen molar-refractivity contribution in [3.63, 3.8) is 0 Å². The maximum absolute atomic E-state index is 12.3. The van der Waals surface area contributed by atoms with Gasteiger partial charge in [0.2, 0.25) is 5.91 Å². The van der Waals surface area contributed by atoms with Gasteiger partial charge in [-0.1, -0.05) is 19.9 Å². The predicted molar refractivity (Wildman–Crippen MR) is 84.9 cm³/mol. The molecule has 0 bridgehead atoms. The minimum absolute atomic E-state index is 0.192. The largest absolute Gasteiger partial charge is 0.497 e. The van der Waals surface area contributed by atoms with Gasteiger partial charge < -0.3 is 14.8 Å². The summed E-state index contributed by atoms with van der Waals surface area (Å²) in [6, 6.07) is 5.57. The lowest BCUT2D eigenvalue weighted by atomic mass is 9.92. The van der Waals surface area contributed by atoms with Crippen LogP contribution in [-0.4, -0.2) is 31.6 Å². The second-order valence-electron chi connectivity index (χ2n) is 5.30. The highest BCUT2D eigenvalue weighted by Gasteiger charge is 2.37. The normalized spacial score (nSPS) is 11.0. The quantitative estimate of drug-likeness (QED) is 0.786. The Morgan fingerprint density at radius 2 is 1.82 bits per heavy atom. The Morgan fingerprint density at radius 1 is 1.18 bits per heavy atom. The summed E-state index contributed by atoms with van der Waals surface area (Å²) in [6.07, 6.45) is 1.20. The summed E-state index contributed by atoms with van der Waals surface area (Å²) in [5.41, 5.74) is 0.932. The fraction of sp³-hybridized carbons (Fsp3) is 0.529. The average Bonchev–Trinajstić information content (AvgIpc) is 2.53. The Hall–Kier alpha value is -2.04. The lowest BCUT2D eigenvalue weighted by molar-refractivity contribution is -0.151. The second kappa shape index (κ2) is 7.82. The first-order valence-corrected chi connectivity index (χ1v) is 7.45. The number of amides is 1. The number of rotatable bonds is 7. The van der Waals surface area contributed by atoms with Gasteiger partial charge in [0.05, 0.1) is 20.6 Å². The van der Waals surface area contributed by atoms with Crippen molar-refractivity contribution in [1.82, 2.24) is 5.32 Å². The molecule has 0 fully saturated rings. The molecule has 0 aliphatic rings. The van der Waals surface area contributed by atoms with Gasteiger partial charge in [0.15, 0.2) is 0 Å². The minimum atomic E-state index is -0.952. The van der Waals surface area contributed by atoms with E-state index in [2.05, 4.69) is 5.32 Å². The lowest BCUT2D eigenvalue weighted by Gasteiger charge is -2.29. The summed E-state index contributed by atoms with van der Waals surface area (Å²) >= 11 is 0. The average molecular weight is 307 g/mol. The van der Waals surface area contributed by atoms with Crippen LogP contribution in [0.25, 0.3) is 0 Å². The van der Waals surface area contributed by atoms with Crippen molar-refractivity contribution in [2.24, 2.45) is 0 Å². The molecule has 5 nitrogen and oxygen atoms in total. The molecule has 1 aromatic rings. The first-order valence-electron chi connectivity index (χ1n) is 7.45. The first-order chi connectivity index (χ1) is 10.4. The molecule has 0 aliphatic heterocycles. The van der Waals surface area contributed by atoms with E-state index in [0.717, 1.165) is 16.9 Å². The van der Waals surface area contributed by atoms with Crippen LogP contribution in [0.4, 0.5) is 0 Å². The van der Waals surface area contributed by atoms with Crippen molar-refractivity contribution in [3.05, 3.63) is 29.3 Å². The number of esters is 1. The van der Waals surface area contributed by atoms with Crippen LogP contribution >= 0.6 is 0 Å². The van der Waals surface area contributed by atoms with E-state index in [0.29, 0.717) is 12.8 Å². The maximum Gasteiger partial charge on any atom is 0.331 e. The van der Waals surface area contributed by atoms with Gasteiger partial charge >= 0.3 is 5.97 Å². The Kier molecular flexibility index (Phi) is 6.40. The van der Waals surface area contributed by atoms with Crippen LogP contribution in [0.3, 0.4) is 0 Å². The molecule has 0 heterocycles. The van der Waals surface area contributed by atoms with Crippen molar-refractivity contribution in [1.29, 1.82) is 0 Å². The molecule has 0 spiro atoms. The number of carbonyl (C=O) groups excluding carboxylic acids is 2. The van der Waals surface area contributed by atoms with Crippen molar-refractivity contribution in [3.8, 4) is 5.75 Å². The molecule has 0 saturated carbocycles. The molecular weight excluding hydrogens is 282 g/mol. The molecule has 1 rings (SSSR count). The summed E-state index contributed by atoms with van der Waals surface area (Å²) < 4.78 is 9.99. The van der Waals surface area contributed by atoms with Crippen LogP contribution in [0.15, 0.2) is 18.2 Å². The lowest BCUT2D eigenvalue weighted by Crippen LogP contribution is -2.54. The summed E-state index contributed by atoms with van der Waals surface area (Å²) in [4.78, 5) is 24.3. The molecular formula is C17H25NO4. The Bertz CT molecular complexity index is 535. The number of hydrogen-bond donors (Lipinski definition) is 1. The van der Waals surface area contributed by atoms with E-state index >= 15 is 0 Å². The van der Waals surface area contributed by atoms with E-state index in [1.165, 1.54) is 7.11 Å². The Balaban J connectivity index is 2.86. The highest BCUT2D eigenvalue weighted by atomic mass is 16.5. The van der Waals surface area contributed by atoms with Crippen molar-refractivity contribution >= 4 is 11.9 Å². The molecule has 0 aromatic heterocycles. The highest BCUT2D eigenvalue weighted by molar-refractivity contribution is 5.89. The summed E-state index contributed by atoms with van der Waals surface area (Å²) in [5, 5.41) is 2.84. The zero-order chi connectivity index (χ0) is 16.8. The Morgan fingerprint density at radius 3 is 2.27 bits per heavy atom. The first kappa shape index (κ1) is 18.0. The van der Waals surface area contributed by atoms with Gasteiger partial charge in [0.25, 0.3) is 0 Å². The number of nitrogens with one attached hydrogen (secondary N) is 1. The molecule has 0 radical (unpaired) electrons. The van der Waals surface area contributed by atoms with E-state index in [9.17, 15) is 9.59 Å². The smallest absolute Gasteiger partial charge is 0.331 e. The molecule has 1 N–H and O–H groups in total. The third kappa shape index (κ3) is 4.00. The van der Waals surface area contributed by atoms with Gasteiger partial charge in [-0.2, -0.15) is 0 Å². The standard InChI is InChI=1S/C17H25NO4/c1-6-17(7-2,16(20)22-5)18-15(19)11-13-8-9-14(21-4)10-12(13)3/h8-10H,6-7,11H2,1-5H3,(H,18,19). The van der Waals surface area contributed by atoms with Gasteiger partial charge in [-0.15, -0.1) is 0 Å². The summed E-state index contributed by atoms with van der Waals surface area (Å²) in [7, 11) is 2.94. The molecule has 5 heteroatoms. The Labute approximate surface area is 132 Å². The molecule has 0 saturated heterocycles. The minimum Gasteiger partial charge on any atom is -0.497 e. The van der Waals surface area contributed by atoms with Gasteiger partial charge in [-0.25, -0.2) is 4.79 Å². The zero-order valence-electron chi connectivity index (χ0n) is 14.0. The number of benzene rings is 1. The number of hydrogen-bond acceptors (Lipinski definition) is 4. The molecule has 0 aliphatic carbocycles. The van der Waals surface area contributed by atoms with E-state index < -0.39 is 11.5 Å². The topological polar surface area (TPSA) is 64.6 Å². The molecule has 0 atom stereocenters. The fourth-order valence-corrected chi connectivity index (χ4v) is 2.44. The summed E-state index contributed by atoms with van der Waals surface area (Å²) in [5.74, 6) is 0.160. The van der Waals surface area contributed by atoms with Crippen LogP contribution in [0, 0.1) is 6.92 Å². The van der Waals surface area contributed by atoms with E-state index in [-0.39, 0.29) is 12.3 Å². The fourth-order valence-electron chi connectivity index (χ4n) is 2.44. The number of methoxy groups -OCH3 is 2. The zero-order valence-corrected chi connectivity index (χ0v) is 14.0. The van der Waals surface area contributed by atoms with Gasteiger partial charge in [-0.3, -0.25) is 4.79 Å². The molecule has 122 valence electrons. The maximum atomic E-state index is 12.3. The van der Waals surface area contributed by atoms with Crippen LogP contribution in [-0.2, 0) is 20.7 Å². The van der Waals surface area contributed by atoms with Crippen LogP contribution in [0.2, 0.25) is 0 Å². The van der Waals surface area contributed by atoms with E-state index in [1.54, 1.807) is 7.11 Å². The monoisotopic (exact) mass is 307 g/mol. The van der Waals surface area contributed by atoms with Crippen molar-refractivity contribution < 1.29 is 19.1 Å². The predicted octanol–water partition coefficient (Wildman–Crippen LogP) is 2.39. The van der Waals surface area contributed by atoms with E-state index in [1.807, 2.05) is 39.0 Å². The third-order valence-electron chi connectivity index (χ3n) is 4.06. The molecule has 1 aromatic carbocycles. The summed E-state index contributed by atoms with van der Waals surface area (Å²) in [6.45, 7) is 5.65. The molecule has 0 unspecified atom stereocenters. The second-order valence-corrected chi connectivity index (χ2v) is 5.30. The number of ether oxygens (including phenoxy) is 2. The van der Waals surface area contributed by atoms with Gasteiger partial charge in [-0.05, 0) is 43.0 Å². The highest BCUT2D eigenvalue weighted by Crippen LogP contribution is 2.20. The number of carbonyl (C=O) groups is 2. The van der Waals surface area contributed by atoms with Crippen LogP contribution < -0.4 is 10.1 Å². The third-order valence-corrected chi connectivity index (χ3v) is 4.06. The van der Waals surface area contributed by atoms with E-state index in [4.69, 9.17) is 9.47 Å². The molecule has 22 heavy (non-hydrogen) atoms. The van der Waals surface area contributed by atoms with Gasteiger partial charge in [0, 0.05) is 0 Å². The molecule has 1 amide bonds. The number of aryl methyl sites for hydroxylation is 1. The SMILES string of the molecule is CCC(CC)(NC(=O)Cc1ccc(OC)cc1C)C(=O)OC. The van der Waals surface area contributed by atoms with Crippen LogP contribution in [0.1, 0.15) is 37.8 Å².